The summed E-state index contributed by atoms with van der Waals surface area (Å²) >= 11 is 0. The lowest BCUT2D eigenvalue weighted by Crippen LogP contribution is -2.46. The average Bonchev–Trinajstić information content (AvgIpc) is 2.26. The van der Waals surface area contributed by atoms with Crippen LogP contribution in [-0.4, -0.2) is 41.9 Å². The maximum absolute atomic E-state index is 11.7. The molecule has 0 spiro atoms. The average molecular weight is 229 g/mol. The van der Waals surface area contributed by atoms with E-state index >= 15 is 0 Å². The Labute approximate surface area is 97.6 Å². The van der Waals surface area contributed by atoms with Gasteiger partial charge in [0.25, 0.3) is 0 Å². The molecular formula is C12H23NO3. The highest BCUT2D eigenvalue weighted by Gasteiger charge is 2.29. The Bertz CT molecular complexity index is 230. The Hall–Kier alpha value is -0.770. The van der Waals surface area contributed by atoms with E-state index in [0.29, 0.717) is 32.0 Å². The summed E-state index contributed by atoms with van der Waals surface area (Å²) in [6.07, 6.45) is 1.06. The third-order valence-electron chi connectivity index (χ3n) is 3.02. The van der Waals surface area contributed by atoms with E-state index in [-0.39, 0.29) is 18.1 Å². The van der Waals surface area contributed by atoms with Crippen LogP contribution in [0.5, 0.6) is 0 Å². The second kappa shape index (κ2) is 6.09. The van der Waals surface area contributed by atoms with Gasteiger partial charge in [0.1, 0.15) is 0 Å². The highest BCUT2D eigenvalue weighted by atomic mass is 16.6. The molecule has 1 amide bonds. The molecule has 0 aromatic heterocycles. The van der Waals surface area contributed by atoms with Crippen LogP contribution < -0.4 is 0 Å². The van der Waals surface area contributed by atoms with Gasteiger partial charge in [0.2, 0.25) is 0 Å². The number of carbonyl (C=O) groups is 1. The number of carbonyl (C=O) groups excluding carboxylic acids is 1. The first-order valence-corrected chi connectivity index (χ1v) is 6.14. The van der Waals surface area contributed by atoms with Gasteiger partial charge in [-0.2, -0.15) is 0 Å². The first kappa shape index (κ1) is 13.3. The van der Waals surface area contributed by atoms with Crippen molar-refractivity contribution >= 4 is 6.09 Å². The fourth-order valence-corrected chi connectivity index (χ4v) is 1.92. The van der Waals surface area contributed by atoms with Gasteiger partial charge in [-0.15, -0.1) is 0 Å². The van der Waals surface area contributed by atoms with Crippen LogP contribution in [0.3, 0.4) is 0 Å². The number of hydrogen-bond acceptors (Lipinski definition) is 3. The molecule has 1 heterocycles. The molecule has 1 N–H and O–H groups in total. The predicted octanol–water partition coefficient (Wildman–Crippen LogP) is 1.87. The zero-order valence-electron chi connectivity index (χ0n) is 10.5. The first-order chi connectivity index (χ1) is 7.54. The lowest BCUT2D eigenvalue weighted by atomic mass is 9.93. The van der Waals surface area contributed by atoms with E-state index in [2.05, 4.69) is 0 Å². The van der Waals surface area contributed by atoms with Gasteiger partial charge in [-0.1, -0.05) is 20.8 Å². The molecule has 1 rings (SSSR count). The lowest BCUT2D eigenvalue weighted by molar-refractivity contribution is 0.0169. The van der Waals surface area contributed by atoms with Crippen molar-refractivity contribution < 1.29 is 14.6 Å². The summed E-state index contributed by atoms with van der Waals surface area (Å²) in [5.41, 5.74) is 0. The molecule has 1 saturated heterocycles. The smallest absolute Gasteiger partial charge is 0.409 e. The van der Waals surface area contributed by atoms with Gasteiger partial charge in [-0.3, -0.25) is 0 Å². The second-order valence-electron chi connectivity index (χ2n) is 4.94. The van der Waals surface area contributed by atoms with Crippen LogP contribution in [0.25, 0.3) is 0 Å². The molecule has 0 aliphatic carbocycles. The maximum Gasteiger partial charge on any atom is 0.409 e. The van der Waals surface area contributed by atoms with Crippen molar-refractivity contribution in [2.45, 2.75) is 39.7 Å². The largest absolute Gasteiger partial charge is 0.449 e. The molecule has 1 aliphatic heterocycles. The maximum atomic E-state index is 11.7. The fourth-order valence-electron chi connectivity index (χ4n) is 1.92. The Kier molecular flexibility index (Phi) is 5.06. The van der Waals surface area contributed by atoms with Gasteiger partial charge in [0.05, 0.1) is 12.7 Å². The van der Waals surface area contributed by atoms with E-state index in [1.54, 1.807) is 4.90 Å². The fraction of sp³-hybridized carbons (Fsp3) is 0.917. The van der Waals surface area contributed by atoms with E-state index in [9.17, 15) is 9.90 Å². The van der Waals surface area contributed by atoms with E-state index in [1.165, 1.54) is 0 Å². The van der Waals surface area contributed by atoms with Gasteiger partial charge in [0, 0.05) is 19.0 Å². The van der Waals surface area contributed by atoms with Crippen LogP contribution in [0.4, 0.5) is 4.79 Å². The zero-order valence-corrected chi connectivity index (χ0v) is 10.5. The Morgan fingerprint density at radius 2 is 2.25 bits per heavy atom. The van der Waals surface area contributed by atoms with Crippen molar-refractivity contribution in [2.75, 3.05) is 19.7 Å². The molecule has 2 unspecified atom stereocenters. The number of ether oxygens (including phenoxy) is 1. The summed E-state index contributed by atoms with van der Waals surface area (Å²) in [5.74, 6) is 0.557. The first-order valence-electron chi connectivity index (χ1n) is 6.14. The third kappa shape index (κ3) is 3.67. The van der Waals surface area contributed by atoms with Crippen molar-refractivity contribution in [2.24, 2.45) is 11.8 Å². The molecule has 0 aromatic rings. The molecule has 94 valence electrons. The topological polar surface area (TPSA) is 49.8 Å². The lowest BCUT2D eigenvalue weighted by Gasteiger charge is -2.35. The highest BCUT2D eigenvalue weighted by Crippen LogP contribution is 2.20. The summed E-state index contributed by atoms with van der Waals surface area (Å²) in [6, 6.07) is 0. The Balaban J connectivity index is 2.39. The van der Waals surface area contributed by atoms with Crippen molar-refractivity contribution in [1.82, 2.24) is 4.90 Å². The number of rotatable bonds is 3. The molecule has 0 aromatic carbocycles. The van der Waals surface area contributed by atoms with E-state index in [0.717, 1.165) is 6.42 Å². The van der Waals surface area contributed by atoms with Crippen molar-refractivity contribution in [3.63, 3.8) is 0 Å². The minimum absolute atomic E-state index is 0.195. The molecular weight excluding hydrogens is 206 g/mol. The second-order valence-corrected chi connectivity index (χ2v) is 4.94. The monoisotopic (exact) mass is 229 g/mol. The van der Waals surface area contributed by atoms with Gasteiger partial charge < -0.3 is 14.7 Å². The number of hydrogen-bond donors (Lipinski definition) is 1. The summed E-state index contributed by atoms with van der Waals surface area (Å²) in [7, 11) is 0. The van der Waals surface area contributed by atoms with E-state index < -0.39 is 0 Å². The van der Waals surface area contributed by atoms with Gasteiger partial charge in [-0.25, -0.2) is 4.79 Å². The standard InChI is InChI=1S/C12H23NO3/c1-4-10-7-13(6-5-11(10)14)12(15)16-8-9(2)3/h9-11,14H,4-8H2,1-3H3. The summed E-state index contributed by atoms with van der Waals surface area (Å²) < 4.78 is 5.18. The number of likely N-dealkylation sites (tertiary alicyclic amines) is 1. The van der Waals surface area contributed by atoms with E-state index in [1.807, 2.05) is 20.8 Å². The van der Waals surface area contributed by atoms with Crippen molar-refractivity contribution in [1.29, 1.82) is 0 Å². The van der Waals surface area contributed by atoms with Crippen LogP contribution in [-0.2, 0) is 4.74 Å². The molecule has 16 heavy (non-hydrogen) atoms. The summed E-state index contributed by atoms with van der Waals surface area (Å²) in [4.78, 5) is 13.4. The molecule has 0 saturated carbocycles. The number of piperidine rings is 1. The number of nitrogens with zero attached hydrogens (tertiary/aromatic N) is 1. The molecule has 4 heteroatoms. The molecule has 0 bridgehead atoms. The Morgan fingerprint density at radius 1 is 1.56 bits per heavy atom. The van der Waals surface area contributed by atoms with Gasteiger partial charge >= 0.3 is 6.09 Å². The minimum atomic E-state index is -0.265. The van der Waals surface area contributed by atoms with Crippen LogP contribution in [0.1, 0.15) is 33.6 Å². The van der Waals surface area contributed by atoms with Crippen molar-refractivity contribution in [3.8, 4) is 0 Å². The normalized spacial score (nSPS) is 25.9. The predicted molar refractivity (Wildman–Crippen MR) is 62.2 cm³/mol. The number of aliphatic hydroxyl groups excluding tert-OH is 1. The van der Waals surface area contributed by atoms with Crippen LogP contribution in [0.2, 0.25) is 0 Å². The highest BCUT2D eigenvalue weighted by molar-refractivity contribution is 5.67. The molecule has 2 atom stereocenters. The summed E-state index contributed by atoms with van der Waals surface area (Å²) in [5, 5.41) is 9.71. The van der Waals surface area contributed by atoms with Gasteiger partial charge in [0.15, 0.2) is 0 Å². The molecule has 1 fully saturated rings. The Morgan fingerprint density at radius 3 is 2.81 bits per heavy atom. The zero-order chi connectivity index (χ0) is 12.1. The van der Waals surface area contributed by atoms with Crippen LogP contribution in [0.15, 0.2) is 0 Å². The minimum Gasteiger partial charge on any atom is -0.449 e. The van der Waals surface area contributed by atoms with E-state index in [4.69, 9.17) is 4.74 Å². The molecule has 1 aliphatic rings. The van der Waals surface area contributed by atoms with Crippen molar-refractivity contribution in [3.05, 3.63) is 0 Å². The number of amides is 1. The van der Waals surface area contributed by atoms with Crippen LogP contribution >= 0.6 is 0 Å². The summed E-state index contributed by atoms with van der Waals surface area (Å²) in [6.45, 7) is 7.76. The SMILES string of the molecule is CCC1CN(C(=O)OCC(C)C)CCC1O. The van der Waals surface area contributed by atoms with Gasteiger partial charge in [-0.05, 0) is 18.8 Å². The number of aliphatic hydroxyl groups is 1. The quantitative estimate of drug-likeness (QED) is 0.803. The third-order valence-corrected chi connectivity index (χ3v) is 3.02. The van der Waals surface area contributed by atoms with Crippen LogP contribution in [0, 0.1) is 11.8 Å². The molecule has 0 radical (unpaired) electrons. The molecule has 4 nitrogen and oxygen atoms in total.